The maximum Gasteiger partial charge on any atom is 0.226 e. The predicted octanol–water partition coefficient (Wildman–Crippen LogP) is 3.48. The van der Waals surface area contributed by atoms with Crippen LogP contribution >= 0.6 is 11.3 Å². The molecule has 6 heteroatoms. The number of halogens is 1. The molecule has 0 radical (unpaired) electrons. The van der Waals surface area contributed by atoms with Gasteiger partial charge in [0.1, 0.15) is 10.8 Å². The molecule has 1 saturated heterocycles. The summed E-state index contributed by atoms with van der Waals surface area (Å²) in [4.78, 5) is 18.3. The topological polar surface area (TPSA) is 51.2 Å². The molecule has 0 saturated carbocycles. The van der Waals surface area contributed by atoms with Gasteiger partial charge in [-0.2, -0.15) is 0 Å². The van der Waals surface area contributed by atoms with Gasteiger partial charge in [0.05, 0.1) is 29.1 Å². The van der Waals surface area contributed by atoms with Crippen LogP contribution in [-0.2, 0) is 16.0 Å². The number of hydrogen-bond acceptors (Lipinski definition) is 4. The average Bonchev–Trinajstić information content (AvgIpc) is 3.25. The first-order chi connectivity index (χ1) is 11.7. The summed E-state index contributed by atoms with van der Waals surface area (Å²) in [6, 6.07) is 6.45. The van der Waals surface area contributed by atoms with Crippen LogP contribution in [0.3, 0.4) is 0 Å². The van der Waals surface area contributed by atoms with Crippen LogP contribution in [0.15, 0.2) is 24.3 Å². The van der Waals surface area contributed by atoms with E-state index < -0.39 is 0 Å². The predicted molar refractivity (Wildman–Crippen MR) is 90.3 cm³/mol. The number of ether oxygens (including phenoxy) is 1. The lowest BCUT2D eigenvalue weighted by molar-refractivity contribution is -0.125. The lowest BCUT2D eigenvalue weighted by Gasteiger charge is -2.23. The summed E-state index contributed by atoms with van der Waals surface area (Å²) >= 11 is 1.61. The van der Waals surface area contributed by atoms with Gasteiger partial charge in [-0.15, -0.1) is 11.3 Å². The first-order valence-corrected chi connectivity index (χ1v) is 9.16. The van der Waals surface area contributed by atoms with Crippen LogP contribution in [0.1, 0.15) is 35.9 Å². The van der Waals surface area contributed by atoms with Crippen LogP contribution in [0.25, 0.3) is 10.6 Å². The van der Waals surface area contributed by atoms with Crippen LogP contribution in [0.2, 0.25) is 0 Å². The Bertz CT molecular complexity index is 738. The van der Waals surface area contributed by atoms with Crippen LogP contribution in [0.4, 0.5) is 4.39 Å². The third-order valence-corrected chi connectivity index (χ3v) is 5.92. The highest BCUT2D eigenvalue weighted by molar-refractivity contribution is 7.15. The highest BCUT2D eigenvalue weighted by Crippen LogP contribution is 2.38. The molecule has 24 heavy (non-hydrogen) atoms. The number of hydrogen-bond donors (Lipinski definition) is 1. The van der Waals surface area contributed by atoms with Crippen molar-refractivity contribution in [2.24, 2.45) is 5.92 Å². The van der Waals surface area contributed by atoms with Gasteiger partial charge in [0.15, 0.2) is 0 Å². The van der Waals surface area contributed by atoms with Gasteiger partial charge in [-0.1, -0.05) is 0 Å². The smallest absolute Gasteiger partial charge is 0.226 e. The van der Waals surface area contributed by atoms with Gasteiger partial charge in [0.25, 0.3) is 0 Å². The minimum Gasteiger partial charge on any atom is -0.381 e. The molecule has 126 valence electrons. The van der Waals surface area contributed by atoms with Crippen molar-refractivity contribution < 1.29 is 13.9 Å². The number of nitrogens with zero attached hydrogens (tertiary/aromatic N) is 1. The highest BCUT2D eigenvalue weighted by Gasteiger charge is 2.30. The average molecular weight is 346 g/mol. The zero-order valence-corrected chi connectivity index (χ0v) is 14.1. The summed E-state index contributed by atoms with van der Waals surface area (Å²) < 4.78 is 18.4. The maximum atomic E-state index is 13.1. The molecule has 1 fully saturated rings. The van der Waals surface area contributed by atoms with E-state index in [-0.39, 0.29) is 23.7 Å². The molecule has 1 amide bonds. The SMILES string of the molecule is O=C(N[C@H]1CCCc2nc(-c3ccc(F)cc3)sc21)[C@H]1CCOC1. The molecule has 1 aliphatic heterocycles. The summed E-state index contributed by atoms with van der Waals surface area (Å²) in [7, 11) is 0. The molecular weight excluding hydrogens is 327 g/mol. The van der Waals surface area contributed by atoms with Crippen LogP contribution in [-0.4, -0.2) is 24.1 Å². The van der Waals surface area contributed by atoms with Gasteiger partial charge < -0.3 is 10.1 Å². The molecule has 0 unspecified atom stereocenters. The van der Waals surface area contributed by atoms with Crippen LogP contribution in [0.5, 0.6) is 0 Å². The third kappa shape index (κ3) is 3.08. The van der Waals surface area contributed by atoms with Gasteiger partial charge in [-0.25, -0.2) is 9.37 Å². The first kappa shape index (κ1) is 15.7. The second-order valence-electron chi connectivity index (χ2n) is 6.35. The van der Waals surface area contributed by atoms with E-state index in [1.165, 1.54) is 12.1 Å². The Morgan fingerprint density at radius 2 is 2.12 bits per heavy atom. The van der Waals surface area contributed by atoms with Gasteiger partial charge >= 0.3 is 0 Å². The molecule has 0 spiro atoms. The van der Waals surface area contributed by atoms with E-state index in [4.69, 9.17) is 9.72 Å². The molecule has 2 aromatic rings. The van der Waals surface area contributed by atoms with Crippen molar-refractivity contribution >= 4 is 17.2 Å². The zero-order chi connectivity index (χ0) is 16.5. The number of carbonyl (C=O) groups is 1. The van der Waals surface area contributed by atoms with Crippen LogP contribution < -0.4 is 5.32 Å². The number of fused-ring (bicyclic) bond motifs is 1. The summed E-state index contributed by atoms with van der Waals surface area (Å²) in [6.45, 7) is 1.19. The van der Waals surface area contributed by atoms with Gasteiger partial charge in [0.2, 0.25) is 5.91 Å². The van der Waals surface area contributed by atoms with E-state index in [2.05, 4.69) is 5.32 Å². The van der Waals surface area contributed by atoms with Gasteiger partial charge in [-0.05, 0) is 49.9 Å². The Morgan fingerprint density at radius 1 is 1.29 bits per heavy atom. The fourth-order valence-corrected chi connectivity index (χ4v) is 4.51. The monoisotopic (exact) mass is 346 g/mol. The van der Waals surface area contributed by atoms with Gasteiger partial charge in [0, 0.05) is 12.2 Å². The number of benzene rings is 1. The number of nitrogens with one attached hydrogen (secondary N) is 1. The molecule has 0 bridgehead atoms. The quantitative estimate of drug-likeness (QED) is 0.926. The van der Waals surface area contributed by atoms with Crippen molar-refractivity contribution in [1.82, 2.24) is 10.3 Å². The molecule has 1 N–H and O–H groups in total. The maximum absolute atomic E-state index is 13.1. The number of aryl methyl sites for hydroxylation is 1. The number of carbonyl (C=O) groups excluding carboxylic acids is 1. The lowest BCUT2D eigenvalue weighted by Crippen LogP contribution is -2.35. The Morgan fingerprint density at radius 3 is 2.88 bits per heavy atom. The molecule has 1 aliphatic carbocycles. The molecule has 4 rings (SSSR count). The fourth-order valence-electron chi connectivity index (χ4n) is 3.30. The van der Waals surface area contributed by atoms with Crippen LogP contribution in [0, 0.1) is 11.7 Å². The minimum atomic E-state index is -0.246. The van der Waals surface area contributed by atoms with E-state index in [0.717, 1.165) is 46.8 Å². The normalized spacial score (nSPS) is 23.0. The van der Waals surface area contributed by atoms with E-state index in [1.807, 2.05) is 0 Å². The summed E-state index contributed by atoms with van der Waals surface area (Å²) in [5.41, 5.74) is 1.99. The van der Waals surface area contributed by atoms with Crippen molar-refractivity contribution in [2.75, 3.05) is 13.2 Å². The number of thiazole rings is 1. The Kier molecular flexibility index (Phi) is 4.33. The molecule has 4 nitrogen and oxygen atoms in total. The Balaban J connectivity index is 1.56. The van der Waals surface area contributed by atoms with E-state index >= 15 is 0 Å². The van der Waals surface area contributed by atoms with E-state index in [0.29, 0.717) is 13.2 Å². The molecule has 2 heterocycles. The van der Waals surface area contributed by atoms with Crippen molar-refractivity contribution in [3.8, 4) is 10.6 Å². The summed E-state index contributed by atoms with van der Waals surface area (Å²) in [5.74, 6) is -0.189. The summed E-state index contributed by atoms with van der Waals surface area (Å²) in [5, 5.41) is 4.08. The zero-order valence-electron chi connectivity index (χ0n) is 13.3. The van der Waals surface area contributed by atoms with Crippen molar-refractivity contribution in [3.05, 3.63) is 40.7 Å². The second kappa shape index (κ2) is 6.61. The largest absolute Gasteiger partial charge is 0.381 e. The Hall–Kier alpha value is -1.79. The molecule has 1 aromatic heterocycles. The molecule has 2 atom stereocenters. The minimum absolute atomic E-state index is 0.0279. The second-order valence-corrected chi connectivity index (χ2v) is 7.38. The van der Waals surface area contributed by atoms with Crippen molar-refractivity contribution in [1.29, 1.82) is 0 Å². The third-order valence-electron chi connectivity index (χ3n) is 4.66. The first-order valence-electron chi connectivity index (χ1n) is 8.34. The Labute approximate surface area is 144 Å². The van der Waals surface area contributed by atoms with Gasteiger partial charge in [-0.3, -0.25) is 4.79 Å². The lowest BCUT2D eigenvalue weighted by atomic mass is 9.97. The number of amides is 1. The molecular formula is C18H19FN2O2S. The van der Waals surface area contributed by atoms with Crippen molar-refractivity contribution in [3.63, 3.8) is 0 Å². The van der Waals surface area contributed by atoms with E-state index in [1.54, 1.807) is 23.5 Å². The number of aromatic nitrogens is 1. The fraction of sp³-hybridized carbons (Fsp3) is 0.444. The highest BCUT2D eigenvalue weighted by atomic mass is 32.1. The number of rotatable bonds is 3. The molecule has 2 aliphatic rings. The summed E-state index contributed by atoms with van der Waals surface area (Å²) in [6.07, 6.45) is 3.70. The van der Waals surface area contributed by atoms with E-state index in [9.17, 15) is 9.18 Å². The molecule has 1 aromatic carbocycles. The standard InChI is InChI=1S/C18H19FN2O2S/c19-13-6-4-11(5-7-13)18-21-15-3-1-2-14(16(15)24-18)20-17(22)12-8-9-23-10-12/h4-7,12,14H,1-3,8-10H2,(H,20,22)/t12-,14-/m0/s1. The van der Waals surface area contributed by atoms with Crippen molar-refractivity contribution in [2.45, 2.75) is 31.7 Å².